The maximum atomic E-state index is 13.7. The number of aromatic nitrogens is 2. The van der Waals surface area contributed by atoms with Gasteiger partial charge in [-0.2, -0.15) is 0 Å². The van der Waals surface area contributed by atoms with E-state index in [0.717, 1.165) is 12.1 Å². The zero-order chi connectivity index (χ0) is 26.1. The number of ether oxygens (including phenoxy) is 2. The number of rotatable bonds is 5. The van der Waals surface area contributed by atoms with Crippen molar-refractivity contribution in [1.29, 1.82) is 0 Å². The van der Waals surface area contributed by atoms with E-state index in [2.05, 4.69) is 9.97 Å². The van der Waals surface area contributed by atoms with Crippen LogP contribution in [-0.4, -0.2) is 76.1 Å². The number of likely N-dealkylation sites (tertiary alicyclic amines) is 1. The normalized spacial score (nSPS) is 18.6. The monoisotopic (exact) mass is 494 g/mol. The predicted octanol–water partition coefficient (Wildman–Crippen LogP) is 3.74. The van der Waals surface area contributed by atoms with Gasteiger partial charge in [0.25, 0.3) is 5.91 Å². The first-order valence-electron chi connectivity index (χ1n) is 11.5. The summed E-state index contributed by atoms with van der Waals surface area (Å²) in [5.74, 6) is -3.82. The zero-order valence-electron chi connectivity index (χ0n) is 20.9. The molecule has 2 amide bonds. The molecule has 2 aromatic rings. The minimum atomic E-state index is -1.07. The largest absolute Gasteiger partial charge is 0.469 e. The van der Waals surface area contributed by atoms with Crippen LogP contribution in [0.15, 0.2) is 12.1 Å². The van der Waals surface area contributed by atoms with E-state index in [4.69, 9.17) is 9.47 Å². The number of fused-ring (bicyclic) bond motifs is 1. The van der Waals surface area contributed by atoms with Crippen molar-refractivity contribution < 1.29 is 32.6 Å². The number of piperidine rings is 1. The van der Waals surface area contributed by atoms with Gasteiger partial charge in [-0.3, -0.25) is 9.59 Å². The number of H-pyrrole nitrogens is 1. The van der Waals surface area contributed by atoms with Crippen molar-refractivity contribution in [3.8, 4) is 0 Å². The Balaban J connectivity index is 1.95. The number of halogens is 2. The molecule has 1 N–H and O–H groups in total. The molecule has 2 atom stereocenters. The molecule has 1 saturated heterocycles. The smallest absolute Gasteiger partial charge is 0.410 e. The molecule has 0 radical (unpaired) electrons. The molecule has 35 heavy (non-hydrogen) atoms. The molecular weight excluding hydrogens is 462 g/mol. The summed E-state index contributed by atoms with van der Waals surface area (Å²) in [6.07, 6.45) is -0.323. The fourth-order valence-corrected chi connectivity index (χ4v) is 4.14. The number of carbonyl (C=O) groups excluding carboxylic acids is 3. The van der Waals surface area contributed by atoms with Crippen LogP contribution in [0.1, 0.15) is 51.7 Å². The molecule has 1 fully saturated rings. The van der Waals surface area contributed by atoms with Crippen LogP contribution in [0.3, 0.4) is 0 Å². The minimum Gasteiger partial charge on any atom is -0.469 e. The lowest BCUT2D eigenvalue weighted by Gasteiger charge is -2.42. The lowest BCUT2D eigenvalue weighted by atomic mass is 9.92. The van der Waals surface area contributed by atoms with Crippen LogP contribution in [0.25, 0.3) is 11.0 Å². The minimum absolute atomic E-state index is 0.0479. The van der Waals surface area contributed by atoms with Crippen LogP contribution in [0.4, 0.5) is 13.6 Å². The molecule has 1 aromatic carbocycles. The second kappa shape index (κ2) is 10.2. The average Bonchev–Trinajstić information content (AvgIpc) is 3.17. The van der Waals surface area contributed by atoms with Gasteiger partial charge in [-0.1, -0.05) is 13.8 Å². The molecule has 1 aliphatic rings. The van der Waals surface area contributed by atoms with Gasteiger partial charge in [0.2, 0.25) is 0 Å². The van der Waals surface area contributed by atoms with Gasteiger partial charge in [-0.15, -0.1) is 0 Å². The van der Waals surface area contributed by atoms with Gasteiger partial charge in [-0.05, 0) is 33.1 Å². The zero-order valence-corrected chi connectivity index (χ0v) is 20.9. The number of aromatic amines is 1. The molecule has 1 aliphatic heterocycles. The molecule has 192 valence electrons. The highest BCUT2D eigenvalue weighted by Gasteiger charge is 2.40. The Hall–Kier alpha value is -3.24. The molecular formula is C24H32F2N4O5. The molecule has 11 heteroatoms. The molecule has 9 nitrogen and oxygen atoms in total. The number of methoxy groups -OCH3 is 1. The van der Waals surface area contributed by atoms with E-state index in [1.807, 2.05) is 13.8 Å². The second-order valence-electron chi connectivity index (χ2n) is 10.2. The van der Waals surface area contributed by atoms with Crippen molar-refractivity contribution in [1.82, 2.24) is 19.8 Å². The maximum absolute atomic E-state index is 13.7. The van der Waals surface area contributed by atoms with Crippen molar-refractivity contribution in [2.75, 3.05) is 26.7 Å². The summed E-state index contributed by atoms with van der Waals surface area (Å²) in [6, 6.07) is 1.32. The summed E-state index contributed by atoms with van der Waals surface area (Å²) < 4.78 is 37.7. The standard InChI is InChI=1S/C24H32F2N4O5/c1-13(2)10-30(21(31)20-27-18-8-16(25)17(26)9-19(18)28-20)15-7-14(22(32)34-6)11-29(12-15)23(33)35-24(3,4)5/h8-9,13-15H,7,10-12H2,1-6H3,(H,27,28)/t14?,15-/m0/s1. The lowest BCUT2D eigenvalue weighted by Crippen LogP contribution is -2.57. The van der Waals surface area contributed by atoms with E-state index in [1.165, 1.54) is 12.0 Å². The van der Waals surface area contributed by atoms with Crippen LogP contribution < -0.4 is 0 Å². The van der Waals surface area contributed by atoms with Crippen molar-refractivity contribution in [3.63, 3.8) is 0 Å². The van der Waals surface area contributed by atoms with E-state index in [9.17, 15) is 23.2 Å². The topological polar surface area (TPSA) is 105 Å². The van der Waals surface area contributed by atoms with Gasteiger partial charge in [0.1, 0.15) is 5.60 Å². The Bertz CT molecular complexity index is 1070. The van der Waals surface area contributed by atoms with E-state index in [-0.39, 0.29) is 42.3 Å². The summed E-state index contributed by atoms with van der Waals surface area (Å²) in [4.78, 5) is 48.7. The average molecular weight is 495 g/mol. The molecule has 0 spiro atoms. The third-order valence-electron chi connectivity index (χ3n) is 5.60. The summed E-state index contributed by atoms with van der Waals surface area (Å²) in [6.45, 7) is 9.63. The summed E-state index contributed by atoms with van der Waals surface area (Å²) in [7, 11) is 1.27. The van der Waals surface area contributed by atoms with Crippen molar-refractivity contribution >= 4 is 29.0 Å². The Kier molecular flexibility index (Phi) is 7.66. The molecule has 3 rings (SSSR count). The third-order valence-corrected chi connectivity index (χ3v) is 5.60. The van der Waals surface area contributed by atoms with Gasteiger partial charge in [0.05, 0.1) is 30.1 Å². The van der Waals surface area contributed by atoms with Crippen LogP contribution in [0, 0.1) is 23.5 Å². The van der Waals surface area contributed by atoms with Crippen LogP contribution in [-0.2, 0) is 14.3 Å². The quantitative estimate of drug-likeness (QED) is 0.635. The van der Waals surface area contributed by atoms with Gasteiger partial charge in [-0.25, -0.2) is 18.6 Å². The lowest BCUT2D eigenvalue weighted by molar-refractivity contribution is -0.148. The summed E-state index contributed by atoms with van der Waals surface area (Å²) in [5, 5.41) is 0. The first-order valence-corrected chi connectivity index (χ1v) is 11.5. The molecule has 1 aromatic heterocycles. The Morgan fingerprint density at radius 1 is 1.20 bits per heavy atom. The first kappa shape index (κ1) is 26.4. The number of esters is 1. The van der Waals surface area contributed by atoms with Crippen LogP contribution in [0.5, 0.6) is 0 Å². The number of amides is 2. The Morgan fingerprint density at radius 2 is 1.86 bits per heavy atom. The summed E-state index contributed by atoms with van der Waals surface area (Å²) >= 11 is 0. The number of carbonyl (C=O) groups is 3. The highest BCUT2D eigenvalue weighted by atomic mass is 19.2. The van der Waals surface area contributed by atoms with Crippen LogP contribution in [0.2, 0.25) is 0 Å². The molecule has 0 bridgehead atoms. The van der Waals surface area contributed by atoms with E-state index >= 15 is 0 Å². The Morgan fingerprint density at radius 3 is 2.46 bits per heavy atom. The molecule has 0 aliphatic carbocycles. The highest BCUT2D eigenvalue weighted by Crippen LogP contribution is 2.26. The van der Waals surface area contributed by atoms with Crippen LogP contribution >= 0.6 is 0 Å². The van der Waals surface area contributed by atoms with Gasteiger partial charge in [0, 0.05) is 31.8 Å². The summed E-state index contributed by atoms with van der Waals surface area (Å²) in [5.41, 5.74) is -0.441. The fraction of sp³-hybridized carbons (Fsp3) is 0.583. The Labute approximate surface area is 202 Å². The number of hydrogen-bond acceptors (Lipinski definition) is 6. The number of benzene rings is 1. The molecule has 2 heterocycles. The number of nitrogens with zero attached hydrogens (tertiary/aromatic N) is 3. The van der Waals surface area contributed by atoms with Gasteiger partial charge < -0.3 is 24.3 Å². The van der Waals surface area contributed by atoms with E-state index < -0.39 is 47.2 Å². The SMILES string of the molecule is COC(=O)C1C[C@H](N(CC(C)C)C(=O)c2nc3cc(F)c(F)cc3[nH]2)CN(C(=O)OC(C)(C)C)C1. The fourth-order valence-electron chi connectivity index (χ4n) is 4.14. The first-order chi connectivity index (χ1) is 16.3. The molecule has 1 unspecified atom stereocenters. The second-order valence-corrected chi connectivity index (χ2v) is 10.2. The molecule has 0 saturated carbocycles. The van der Waals surface area contributed by atoms with Gasteiger partial charge in [0.15, 0.2) is 17.5 Å². The predicted molar refractivity (Wildman–Crippen MR) is 124 cm³/mol. The van der Waals surface area contributed by atoms with Crippen molar-refractivity contribution in [2.45, 2.75) is 52.7 Å². The van der Waals surface area contributed by atoms with Crippen molar-refractivity contribution in [3.05, 3.63) is 29.6 Å². The van der Waals surface area contributed by atoms with E-state index in [0.29, 0.717) is 6.54 Å². The highest BCUT2D eigenvalue weighted by molar-refractivity contribution is 5.94. The number of nitrogens with one attached hydrogen (secondary N) is 1. The van der Waals surface area contributed by atoms with E-state index in [1.54, 1.807) is 25.7 Å². The van der Waals surface area contributed by atoms with Gasteiger partial charge >= 0.3 is 12.1 Å². The maximum Gasteiger partial charge on any atom is 0.410 e. The number of hydrogen-bond donors (Lipinski definition) is 1. The number of imidazole rings is 1. The van der Waals surface area contributed by atoms with Crippen molar-refractivity contribution in [2.24, 2.45) is 11.8 Å². The third kappa shape index (κ3) is 6.26.